The summed E-state index contributed by atoms with van der Waals surface area (Å²) < 4.78 is 0. The van der Waals surface area contributed by atoms with Gasteiger partial charge in [0.05, 0.1) is 6.61 Å². The Kier molecular flexibility index (Phi) is 4.35. The Balaban J connectivity index is 2.61. The molecule has 0 bridgehead atoms. The average Bonchev–Trinajstić information content (AvgIpc) is 2.18. The molecule has 1 aliphatic rings. The molecule has 0 radical (unpaired) electrons. The fraction of sp³-hybridized carbons (Fsp3) is 1.00. The summed E-state index contributed by atoms with van der Waals surface area (Å²) >= 11 is 0. The maximum atomic E-state index is 9.31. The highest BCUT2D eigenvalue weighted by Gasteiger charge is 2.32. The van der Waals surface area contributed by atoms with Crippen molar-refractivity contribution in [3.63, 3.8) is 0 Å². The summed E-state index contributed by atoms with van der Waals surface area (Å²) in [5.41, 5.74) is 0.226. The van der Waals surface area contributed by atoms with Gasteiger partial charge in [0, 0.05) is 31.2 Å². The van der Waals surface area contributed by atoms with E-state index in [0.29, 0.717) is 6.04 Å². The van der Waals surface area contributed by atoms with E-state index in [-0.39, 0.29) is 12.1 Å². The van der Waals surface area contributed by atoms with Gasteiger partial charge in [-0.05, 0) is 20.3 Å². The Morgan fingerprint density at radius 1 is 1.50 bits per heavy atom. The van der Waals surface area contributed by atoms with E-state index < -0.39 is 0 Å². The van der Waals surface area contributed by atoms with Gasteiger partial charge in [-0.1, -0.05) is 13.3 Å². The highest BCUT2D eigenvalue weighted by molar-refractivity contribution is 4.90. The van der Waals surface area contributed by atoms with Crippen LogP contribution in [0.1, 0.15) is 33.6 Å². The molecule has 14 heavy (non-hydrogen) atoms. The number of aliphatic hydroxyl groups excluding tert-OH is 1. The highest BCUT2D eigenvalue weighted by atomic mass is 16.3. The zero-order valence-corrected chi connectivity index (χ0v) is 9.71. The second kappa shape index (κ2) is 5.10. The van der Waals surface area contributed by atoms with Crippen LogP contribution in [-0.4, -0.2) is 47.8 Å². The van der Waals surface area contributed by atoms with Crippen molar-refractivity contribution < 1.29 is 5.11 Å². The fourth-order valence-electron chi connectivity index (χ4n) is 2.48. The summed E-state index contributed by atoms with van der Waals surface area (Å²) in [4.78, 5) is 2.45. The first-order chi connectivity index (χ1) is 6.61. The van der Waals surface area contributed by atoms with Crippen LogP contribution in [0.3, 0.4) is 0 Å². The fourth-order valence-corrected chi connectivity index (χ4v) is 2.48. The van der Waals surface area contributed by atoms with Crippen molar-refractivity contribution in [2.75, 3.05) is 26.2 Å². The summed E-state index contributed by atoms with van der Waals surface area (Å²) in [6.07, 6.45) is 2.40. The van der Waals surface area contributed by atoms with Crippen LogP contribution in [0.4, 0.5) is 0 Å². The van der Waals surface area contributed by atoms with Crippen molar-refractivity contribution in [1.82, 2.24) is 10.2 Å². The lowest BCUT2D eigenvalue weighted by Gasteiger charge is -2.46. The first-order valence-electron chi connectivity index (χ1n) is 5.70. The number of hydrogen-bond acceptors (Lipinski definition) is 3. The quantitative estimate of drug-likeness (QED) is 0.705. The van der Waals surface area contributed by atoms with Crippen molar-refractivity contribution >= 4 is 0 Å². The van der Waals surface area contributed by atoms with Gasteiger partial charge in [0.25, 0.3) is 0 Å². The lowest BCUT2D eigenvalue weighted by Crippen LogP contribution is -2.60. The molecule has 1 fully saturated rings. The third-order valence-electron chi connectivity index (χ3n) is 3.20. The van der Waals surface area contributed by atoms with Crippen LogP contribution in [0.15, 0.2) is 0 Å². The maximum Gasteiger partial charge on any atom is 0.0599 e. The molecule has 1 unspecified atom stereocenters. The normalized spacial score (nSPS) is 25.3. The molecule has 1 aliphatic heterocycles. The Morgan fingerprint density at radius 2 is 2.21 bits per heavy atom. The molecule has 0 saturated carbocycles. The minimum absolute atomic E-state index is 0.226. The van der Waals surface area contributed by atoms with Crippen LogP contribution < -0.4 is 5.32 Å². The molecule has 0 aromatic carbocycles. The molecular formula is C11H24N2O. The molecule has 0 aromatic heterocycles. The monoisotopic (exact) mass is 200 g/mol. The van der Waals surface area contributed by atoms with Gasteiger partial charge >= 0.3 is 0 Å². The van der Waals surface area contributed by atoms with Gasteiger partial charge < -0.3 is 10.4 Å². The predicted molar refractivity (Wildman–Crippen MR) is 59.4 cm³/mol. The zero-order chi connectivity index (χ0) is 10.6. The van der Waals surface area contributed by atoms with Gasteiger partial charge in [-0.3, -0.25) is 4.90 Å². The Labute approximate surface area is 87.5 Å². The molecule has 3 nitrogen and oxygen atoms in total. The highest BCUT2D eigenvalue weighted by Crippen LogP contribution is 2.23. The minimum Gasteiger partial charge on any atom is -0.395 e. The third kappa shape index (κ3) is 2.69. The van der Waals surface area contributed by atoms with Gasteiger partial charge in [-0.2, -0.15) is 0 Å². The molecule has 1 atom stereocenters. The van der Waals surface area contributed by atoms with Crippen LogP contribution >= 0.6 is 0 Å². The molecule has 1 saturated heterocycles. The van der Waals surface area contributed by atoms with Gasteiger partial charge in [0.15, 0.2) is 0 Å². The summed E-state index contributed by atoms with van der Waals surface area (Å²) in [6, 6.07) is 0.297. The van der Waals surface area contributed by atoms with Crippen molar-refractivity contribution in [3.05, 3.63) is 0 Å². The van der Waals surface area contributed by atoms with E-state index >= 15 is 0 Å². The van der Waals surface area contributed by atoms with Crippen LogP contribution in [-0.2, 0) is 0 Å². The zero-order valence-electron chi connectivity index (χ0n) is 9.71. The second-order valence-electron chi connectivity index (χ2n) is 4.80. The van der Waals surface area contributed by atoms with Crippen LogP contribution in [0, 0.1) is 0 Å². The van der Waals surface area contributed by atoms with Gasteiger partial charge in [0.2, 0.25) is 0 Å². The molecule has 3 heteroatoms. The standard InChI is InChI=1S/C11H24N2O/c1-4-5-11(2,3)13-7-6-12-8-10(13)9-14/h10,12,14H,4-9H2,1-3H3. The molecule has 0 aromatic rings. The maximum absolute atomic E-state index is 9.31. The average molecular weight is 200 g/mol. The van der Waals surface area contributed by atoms with E-state index in [1.165, 1.54) is 12.8 Å². The SMILES string of the molecule is CCCC(C)(C)N1CCNCC1CO. The topological polar surface area (TPSA) is 35.5 Å². The number of nitrogens with zero attached hydrogens (tertiary/aromatic N) is 1. The summed E-state index contributed by atoms with van der Waals surface area (Å²) in [5.74, 6) is 0. The van der Waals surface area contributed by atoms with Crippen molar-refractivity contribution in [1.29, 1.82) is 0 Å². The molecule has 2 N–H and O–H groups in total. The summed E-state index contributed by atoms with van der Waals surface area (Å²) in [7, 11) is 0. The molecule has 1 rings (SSSR count). The second-order valence-corrected chi connectivity index (χ2v) is 4.80. The number of nitrogens with one attached hydrogen (secondary N) is 1. The van der Waals surface area contributed by atoms with E-state index in [1.54, 1.807) is 0 Å². The Hall–Kier alpha value is -0.120. The molecule has 84 valence electrons. The van der Waals surface area contributed by atoms with E-state index in [9.17, 15) is 5.11 Å². The lowest BCUT2D eigenvalue weighted by molar-refractivity contribution is 0.0149. The van der Waals surface area contributed by atoms with Crippen molar-refractivity contribution in [2.24, 2.45) is 0 Å². The first kappa shape index (κ1) is 12.0. The lowest BCUT2D eigenvalue weighted by atomic mass is 9.93. The van der Waals surface area contributed by atoms with Gasteiger partial charge in [0.1, 0.15) is 0 Å². The minimum atomic E-state index is 0.226. The van der Waals surface area contributed by atoms with E-state index in [2.05, 4.69) is 31.0 Å². The van der Waals surface area contributed by atoms with Crippen LogP contribution in [0.25, 0.3) is 0 Å². The molecule has 0 aliphatic carbocycles. The van der Waals surface area contributed by atoms with Crippen LogP contribution in [0.2, 0.25) is 0 Å². The number of rotatable bonds is 4. The van der Waals surface area contributed by atoms with E-state index in [0.717, 1.165) is 19.6 Å². The molecule has 0 spiro atoms. The number of aliphatic hydroxyl groups is 1. The summed E-state index contributed by atoms with van der Waals surface area (Å²) in [6.45, 7) is 10.1. The Morgan fingerprint density at radius 3 is 2.79 bits per heavy atom. The molecule has 0 amide bonds. The third-order valence-corrected chi connectivity index (χ3v) is 3.20. The predicted octanol–water partition coefficient (Wildman–Crippen LogP) is 0.831. The van der Waals surface area contributed by atoms with Gasteiger partial charge in [-0.25, -0.2) is 0 Å². The molecular weight excluding hydrogens is 176 g/mol. The van der Waals surface area contributed by atoms with Gasteiger partial charge in [-0.15, -0.1) is 0 Å². The number of piperazine rings is 1. The Bertz CT molecular complexity index is 171. The largest absolute Gasteiger partial charge is 0.395 e. The molecule has 1 heterocycles. The smallest absolute Gasteiger partial charge is 0.0599 e. The van der Waals surface area contributed by atoms with Crippen LogP contribution in [0.5, 0.6) is 0 Å². The van der Waals surface area contributed by atoms with E-state index in [4.69, 9.17) is 0 Å². The van der Waals surface area contributed by atoms with Crippen molar-refractivity contribution in [2.45, 2.75) is 45.2 Å². The number of hydrogen-bond donors (Lipinski definition) is 2. The van der Waals surface area contributed by atoms with Crippen molar-refractivity contribution in [3.8, 4) is 0 Å². The first-order valence-corrected chi connectivity index (χ1v) is 5.70. The summed E-state index contributed by atoms with van der Waals surface area (Å²) in [5, 5.41) is 12.6. The van der Waals surface area contributed by atoms with E-state index in [1.807, 2.05) is 0 Å².